The van der Waals surface area contributed by atoms with Crippen LogP contribution < -0.4 is 14.8 Å². The smallest absolute Gasteiger partial charge is 0.228 e. The second-order valence-electron chi connectivity index (χ2n) is 19.8. The number of aromatic nitrogens is 4. The maximum atomic E-state index is 12.8. The molecular formula is C48H67N5O7Si2. The Morgan fingerprint density at radius 2 is 1.34 bits per heavy atom. The molecule has 334 valence electrons. The summed E-state index contributed by atoms with van der Waals surface area (Å²) in [5.74, 6) is 1.42. The van der Waals surface area contributed by atoms with Gasteiger partial charge in [0.2, 0.25) is 5.91 Å². The van der Waals surface area contributed by atoms with Crippen molar-refractivity contribution in [2.45, 2.75) is 122 Å². The van der Waals surface area contributed by atoms with Crippen molar-refractivity contribution in [3.05, 3.63) is 108 Å². The van der Waals surface area contributed by atoms with Crippen LogP contribution in [0.5, 0.6) is 11.5 Å². The molecular weight excluding hydrogens is 815 g/mol. The van der Waals surface area contributed by atoms with E-state index in [4.69, 9.17) is 32.8 Å². The van der Waals surface area contributed by atoms with Gasteiger partial charge >= 0.3 is 0 Å². The monoisotopic (exact) mass is 881 g/mol. The Kier molecular flexibility index (Phi) is 13.6. The van der Waals surface area contributed by atoms with Gasteiger partial charge in [0.05, 0.1) is 39.9 Å². The van der Waals surface area contributed by atoms with Crippen LogP contribution in [0.4, 0.5) is 5.82 Å². The summed E-state index contributed by atoms with van der Waals surface area (Å²) in [6.07, 6.45) is 2.57. The molecule has 5 aromatic rings. The van der Waals surface area contributed by atoms with Crippen molar-refractivity contribution in [2.75, 3.05) is 32.8 Å². The third-order valence-corrected chi connectivity index (χ3v) is 22.2. The molecule has 0 bridgehead atoms. The zero-order valence-electron chi connectivity index (χ0n) is 39.2. The first-order chi connectivity index (χ1) is 29.1. The molecule has 1 saturated heterocycles. The number of benzene rings is 3. The highest BCUT2D eigenvalue weighted by molar-refractivity contribution is 6.74. The van der Waals surface area contributed by atoms with Crippen molar-refractivity contribution in [1.82, 2.24) is 19.5 Å². The minimum atomic E-state index is -2.47. The van der Waals surface area contributed by atoms with Crippen LogP contribution in [0.25, 0.3) is 11.2 Å². The van der Waals surface area contributed by atoms with Crippen molar-refractivity contribution in [2.24, 2.45) is 5.92 Å². The molecule has 1 amide bonds. The largest absolute Gasteiger partial charge is 0.497 e. The van der Waals surface area contributed by atoms with Crippen LogP contribution in [0.1, 0.15) is 84.7 Å². The van der Waals surface area contributed by atoms with E-state index >= 15 is 0 Å². The topological polar surface area (TPSA) is 128 Å². The molecule has 0 aliphatic carbocycles. The van der Waals surface area contributed by atoms with Gasteiger partial charge < -0.3 is 33.1 Å². The molecule has 3 aromatic carbocycles. The number of methoxy groups -OCH3 is 2. The lowest BCUT2D eigenvalue weighted by atomic mass is 9.79. The Bertz CT molecular complexity index is 2240. The van der Waals surface area contributed by atoms with E-state index in [0.717, 1.165) is 28.2 Å². The number of hydrogen-bond acceptors (Lipinski definition) is 10. The highest BCUT2D eigenvalue weighted by Crippen LogP contribution is 2.49. The summed E-state index contributed by atoms with van der Waals surface area (Å²) in [4.78, 5) is 26.7. The molecule has 14 heteroatoms. The molecule has 0 radical (unpaired) electrons. The SMILES string of the molecule is COc1ccc(C(OC[C@]2(CO[Si](C)(C)C(C)(C)C)O[C@@H](n3cnc4c(NC(=O)C(C)C)ncnc43)C[C@@H]2O[Si](C)(C)C(C)(C)C)(c2ccccc2)c2ccc(OC)cc2)cc1. The van der Waals surface area contributed by atoms with Gasteiger partial charge in [-0.25, -0.2) is 15.0 Å². The number of fused-ring (bicyclic) bond motifs is 1. The van der Waals surface area contributed by atoms with Crippen molar-refractivity contribution in [1.29, 1.82) is 0 Å². The van der Waals surface area contributed by atoms with Crippen LogP contribution in [0, 0.1) is 5.92 Å². The maximum absolute atomic E-state index is 12.8. The minimum absolute atomic E-state index is 0.0850. The van der Waals surface area contributed by atoms with E-state index in [0.29, 0.717) is 23.4 Å². The van der Waals surface area contributed by atoms with Crippen LogP contribution in [0.15, 0.2) is 91.5 Å². The standard InChI is InChI=1S/C48H67N5O7Si2/c1-33(2)44(54)52-42-41-43(50-31-49-42)53(32-51-41)40-28-39(60-62(13,14)46(6,7)8)47(59-40,30-58-61(11,12)45(3,4)5)29-57-48(34-18-16-15-17-19-34,35-20-24-37(55-9)25-21-35)36-22-26-38(56-10)27-23-36/h15-27,31-33,39-40H,28-30H2,1-14H3,(H,49,50,52,54)/t39-,40+,47+/m0/s1. The third kappa shape index (κ3) is 9.41. The first-order valence-electron chi connectivity index (χ1n) is 21.5. The molecule has 62 heavy (non-hydrogen) atoms. The van der Waals surface area contributed by atoms with Gasteiger partial charge in [-0.3, -0.25) is 9.36 Å². The summed E-state index contributed by atoms with van der Waals surface area (Å²) in [6, 6.07) is 26.4. The number of anilines is 1. The van der Waals surface area contributed by atoms with Crippen molar-refractivity contribution in [3.63, 3.8) is 0 Å². The summed E-state index contributed by atoms with van der Waals surface area (Å²) < 4.78 is 43.2. The molecule has 0 unspecified atom stereocenters. The Morgan fingerprint density at radius 3 is 1.85 bits per heavy atom. The third-order valence-electron chi connectivity index (χ3n) is 13.2. The van der Waals surface area contributed by atoms with Gasteiger partial charge in [0.25, 0.3) is 0 Å². The second-order valence-corrected chi connectivity index (χ2v) is 29.3. The summed E-state index contributed by atoms with van der Waals surface area (Å²) in [6.45, 7) is 26.5. The molecule has 1 aliphatic rings. The zero-order chi connectivity index (χ0) is 45.3. The summed E-state index contributed by atoms with van der Waals surface area (Å²) in [7, 11) is -1.52. The predicted molar refractivity (Wildman–Crippen MR) is 250 cm³/mol. The Balaban J connectivity index is 1.56. The van der Waals surface area contributed by atoms with Crippen LogP contribution in [-0.4, -0.2) is 81.2 Å². The fourth-order valence-electron chi connectivity index (χ4n) is 7.19. The summed E-state index contributed by atoms with van der Waals surface area (Å²) >= 11 is 0. The number of rotatable bonds is 16. The van der Waals surface area contributed by atoms with Crippen LogP contribution in [0.2, 0.25) is 36.3 Å². The lowest BCUT2D eigenvalue weighted by Gasteiger charge is -2.46. The minimum Gasteiger partial charge on any atom is -0.497 e. The fourth-order valence-corrected chi connectivity index (χ4v) is 9.60. The van der Waals surface area contributed by atoms with Gasteiger partial charge in [-0.15, -0.1) is 0 Å². The maximum Gasteiger partial charge on any atom is 0.228 e. The van der Waals surface area contributed by atoms with Crippen molar-refractivity contribution in [3.8, 4) is 11.5 Å². The van der Waals surface area contributed by atoms with Gasteiger partial charge in [-0.2, -0.15) is 0 Å². The van der Waals surface area contributed by atoms with Crippen molar-refractivity contribution < 1.29 is 32.6 Å². The first-order valence-corrected chi connectivity index (χ1v) is 27.4. The highest BCUT2D eigenvalue weighted by Gasteiger charge is 2.57. The molecule has 12 nitrogen and oxygen atoms in total. The van der Waals surface area contributed by atoms with Gasteiger partial charge in [-0.05, 0) is 77.2 Å². The Labute approximate surface area is 370 Å². The number of carbonyl (C=O) groups is 1. The predicted octanol–water partition coefficient (Wildman–Crippen LogP) is 10.5. The molecule has 0 spiro atoms. The normalized spacial score (nSPS) is 19.0. The Hall–Kier alpha value is -4.45. The van der Waals surface area contributed by atoms with Gasteiger partial charge in [0.1, 0.15) is 35.3 Å². The van der Waals surface area contributed by atoms with E-state index < -0.39 is 40.2 Å². The molecule has 3 atom stereocenters. The number of nitrogens with zero attached hydrogens (tertiary/aromatic N) is 4. The Morgan fingerprint density at radius 1 is 0.790 bits per heavy atom. The van der Waals surface area contributed by atoms with E-state index in [1.165, 1.54) is 6.33 Å². The summed E-state index contributed by atoms with van der Waals surface area (Å²) in [5, 5.41) is 2.73. The molecule has 1 fully saturated rings. The number of imidazole rings is 1. The molecule has 3 heterocycles. The van der Waals surface area contributed by atoms with Gasteiger partial charge in [0.15, 0.2) is 33.6 Å². The van der Waals surface area contributed by atoms with E-state index in [-0.39, 0.29) is 35.1 Å². The highest BCUT2D eigenvalue weighted by atomic mass is 28.4. The van der Waals surface area contributed by atoms with Gasteiger partial charge in [0, 0.05) is 12.3 Å². The summed E-state index contributed by atoms with van der Waals surface area (Å²) in [5.41, 5.74) is 1.48. The average molecular weight is 882 g/mol. The number of amides is 1. The van der Waals surface area contributed by atoms with E-state index in [9.17, 15) is 4.79 Å². The zero-order valence-corrected chi connectivity index (χ0v) is 41.2. The van der Waals surface area contributed by atoms with Gasteiger partial charge in [-0.1, -0.05) is 110 Å². The second kappa shape index (κ2) is 18.0. The van der Waals surface area contributed by atoms with E-state index in [1.54, 1.807) is 20.5 Å². The van der Waals surface area contributed by atoms with Crippen LogP contribution in [0.3, 0.4) is 0 Å². The first kappa shape index (κ1) is 47.0. The molecule has 2 aromatic heterocycles. The molecule has 1 aliphatic heterocycles. The average Bonchev–Trinajstić information content (AvgIpc) is 3.82. The molecule has 6 rings (SSSR count). The quantitative estimate of drug-likeness (QED) is 0.0756. The fraction of sp³-hybridized carbons (Fsp3) is 0.500. The molecule has 1 N–H and O–H groups in total. The number of carbonyl (C=O) groups excluding carboxylic acids is 1. The lowest BCUT2D eigenvalue weighted by molar-refractivity contribution is -0.172. The van der Waals surface area contributed by atoms with Crippen LogP contribution in [-0.2, 0) is 28.7 Å². The van der Waals surface area contributed by atoms with E-state index in [1.807, 2.05) is 60.9 Å². The number of nitrogens with one attached hydrogen (secondary N) is 1. The molecule has 0 saturated carbocycles. The van der Waals surface area contributed by atoms with E-state index in [2.05, 4.69) is 119 Å². The number of ether oxygens (including phenoxy) is 4. The van der Waals surface area contributed by atoms with Crippen LogP contribution >= 0.6 is 0 Å². The number of hydrogen-bond donors (Lipinski definition) is 1. The lowest BCUT2D eigenvalue weighted by Crippen LogP contribution is -2.57. The van der Waals surface area contributed by atoms with Crippen molar-refractivity contribution >= 4 is 39.5 Å².